The second-order valence-electron chi connectivity index (χ2n) is 3.05. The molecule has 16 heavy (non-hydrogen) atoms. The Hall–Kier alpha value is -1.32. The van der Waals surface area contributed by atoms with Crippen molar-refractivity contribution in [2.24, 2.45) is 0 Å². The van der Waals surface area contributed by atoms with E-state index in [0.29, 0.717) is 22.5 Å². The minimum absolute atomic E-state index is 0.340. The van der Waals surface area contributed by atoms with Gasteiger partial charge in [-0.05, 0) is 18.2 Å². The molecule has 0 radical (unpaired) electrons. The fourth-order valence-electron chi connectivity index (χ4n) is 1.16. The molecule has 0 aliphatic carbocycles. The zero-order valence-corrected chi connectivity index (χ0v) is 9.74. The molecule has 0 aliphatic heterocycles. The van der Waals surface area contributed by atoms with Crippen LogP contribution in [0.3, 0.4) is 0 Å². The maximum absolute atomic E-state index is 5.94. The molecule has 0 spiro atoms. The molecule has 0 atom stereocenters. The number of rotatable bonds is 3. The van der Waals surface area contributed by atoms with Crippen molar-refractivity contribution in [1.82, 2.24) is 9.97 Å². The molecule has 2 rings (SSSR count). The van der Waals surface area contributed by atoms with Crippen molar-refractivity contribution in [3.05, 3.63) is 52.5 Å². The summed E-state index contributed by atoms with van der Waals surface area (Å²) in [5.41, 5.74) is 0.858. The molecule has 0 aliphatic rings. The first-order valence-electron chi connectivity index (χ1n) is 4.59. The lowest BCUT2D eigenvalue weighted by Gasteiger charge is -2.07. The summed E-state index contributed by atoms with van der Waals surface area (Å²) in [5.74, 6) is 0.539. The molecular formula is C11H8Cl2N2O. The van der Waals surface area contributed by atoms with E-state index >= 15 is 0 Å². The lowest BCUT2D eigenvalue weighted by Crippen LogP contribution is -1.97. The van der Waals surface area contributed by atoms with E-state index in [-0.39, 0.29) is 0 Å². The second kappa shape index (κ2) is 5.14. The predicted molar refractivity (Wildman–Crippen MR) is 62.8 cm³/mol. The van der Waals surface area contributed by atoms with Gasteiger partial charge in [0.05, 0.1) is 5.02 Å². The van der Waals surface area contributed by atoms with Crippen molar-refractivity contribution in [2.45, 2.75) is 6.61 Å². The van der Waals surface area contributed by atoms with Gasteiger partial charge in [-0.3, -0.25) is 4.98 Å². The topological polar surface area (TPSA) is 35.0 Å². The quantitative estimate of drug-likeness (QED) is 0.789. The SMILES string of the molecule is Clc1cnccc1COc1cccnc1Cl. The van der Waals surface area contributed by atoms with Gasteiger partial charge in [0.1, 0.15) is 6.61 Å². The molecule has 0 saturated carbocycles. The number of nitrogens with zero attached hydrogens (tertiary/aromatic N) is 2. The van der Waals surface area contributed by atoms with E-state index in [1.54, 1.807) is 36.8 Å². The van der Waals surface area contributed by atoms with Gasteiger partial charge < -0.3 is 4.74 Å². The number of pyridine rings is 2. The number of halogens is 2. The van der Waals surface area contributed by atoms with E-state index in [1.165, 1.54) is 0 Å². The summed E-state index contributed by atoms with van der Waals surface area (Å²) in [6.45, 7) is 0.340. The van der Waals surface area contributed by atoms with Gasteiger partial charge in [-0.15, -0.1) is 0 Å². The maximum atomic E-state index is 5.94. The fraction of sp³-hybridized carbons (Fsp3) is 0.0909. The molecule has 0 N–H and O–H groups in total. The van der Waals surface area contributed by atoms with E-state index in [4.69, 9.17) is 27.9 Å². The Morgan fingerprint density at radius 1 is 1.19 bits per heavy atom. The molecular weight excluding hydrogens is 247 g/mol. The summed E-state index contributed by atoms with van der Waals surface area (Å²) in [5, 5.41) is 0.912. The summed E-state index contributed by atoms with van der Waals surface area (Å²) >= 11 is 11.8. The fourth-order valence-corrected chi connectivity index (χ4v) is 1.50. The highest BCUT2D eigenvalue weighted by molar-refractivity contribution is 6.31. The Kier molecular flexibility index (Phi) is 3.59. The molecule has 82 valence electrons. The highest BCUT2D eigenvalue weighted by Crippen LogP contribution is 2.22. The predicted octanol–water partition coefficient (Wildman–Crippen LogP) is 3.36. The van der Waals surface area contributed by atoms with E-state index in [2.05, 4.69) is 9.97 Å². The summed E-state index contributed by atoms with van der Waals surface area (Å²) in [6.07, 6.45) is 4.84. The molecule has 0 bridgehead atoms. The first-order valence-corrected chi connectivity index (χ1v) is 5.34. The van der Waals surface area contributed by atoms with Crippen molar-refractivity contribution in [2.75, 3.05) is 0 Å². The van der Waals surface area contributed by atoms with E-state index in [0.717, 1.165) is 5.56 Å². The van der Waals surface area contributed by atoms with Crippen LogP contribution < -0.4 is 4.74 Å². The monoisotopic (exact) mass is 254 g/mol. The van der Waals surface area contributed by atoms with Crippen LogP contribution in [0.1, 0.15) is 5.56 Å². The molecule has 2 heterocycles. The summed E-state index contributed by atoms with van der Waals surface area (Å²) in [7, 11) is 0. The molecule has 0 aromatic carbocycles. The number of hydrogen-bond donors (Lipinski definition) is 0. The van der Waals surface area contributed by atoms with Gasteiger partial charge >= 0.3 is 0 Å². The standard InChI is InChI=1S/C11H8Cl2N2O/c12-9-6-14-5-3-8(9)7-16-10-2-1-4-15-11(10)13/h1-6H,7H2. The average Bonchev–Trinajstić information content (AvgIpc) is 2.30. The third-order valence-electron chi connectivity index (χ3n) is 1.96. The van der Waals surface area contributed by atoms with E-state index in [1.807, 2.05) is 0 Å². The first-order chi connectivity index (χ1) is 7.77. The molecule has 0 saturated heterocycles. The number of hydrogen-bond acceptors (Lipinski definition) is 3. The van der Waals surface area contributed by atoms with Crippen molar-refractivity contribution in [3.63, 3.8) is 0 Å². The largest absolute Gasteiger partial charge is 0.486 e. The zero-order chi connectivity index (χ0) is 11.4. The molecule has 0 amide bonds. The Bertz CT molecular complexity index is 445. The van der Waals surface area contributed by atoms with E-state index in [9.17, 15) is 0 Å². The zero-order valence-electron chi connectivity index (χ0n) is 8.23. The molecule has 5 heteroatoms. The molecule has 2 aromatic rings. The molecule has 3 nitrogen and oxygen atoms in total. The second-order valence-corrected chi connectivity index (χ2v) is 3.81. The number of ether oxygens (including phenoxy) is 1. The summed E-state index contributed by atoms with van der Waals surface area (Å²) in [6, 6.07) is 5.31. The first kappa shape index (κ1) is 11.2. The molecule has 0 unspecified atom stereocenters. The normalized spacial score (nSPS) is 10.1. The van der Waals surface area contributed by atoms with Crippen molar-refractivity contribution < 1.29 is 4.74 Å². The van der Waals surface area contributed by atoms with Gasteiger partial charge in [-0.1, -0.05) is 23.2 Å². The van der Waals surface area contributed by atoms with Crippen LogP contribution in [0.15, 0.2) is 36.8 Å². The van der Waals surface area contributed by atoms with Crippen LogP contribution in [0, 0.1) is 0 Å². The van der Waals surface area contributed by atoms with Crippen LogP contribution in [-0.2, 0) is 6.61 Å². The van der Waals surface area contributed by atoms with Crippen molar-refractivity contribution >= 4 is 23.2 Å². The highest BCUT2D eigenvalue weighted by Gasteiger charge is 2.04. The number of aromatic nitrogens is 2. The van der Waals surface area contributed by atoms with Gasteiger partial charge in [0.2, 0.25) is 0 Å². The van der Waals surface area contributed by atoms with E-state index < -0.39 is 0 Å². The molecule has 2 aromatic heterocycles. The maximum Gasteiger partial charge on any atom is 0.171 e. The Morgan fingerprint density at radius 3 is 2.81 bits per heavy atom. The van der Waals surface area contributed by atoms with Gasteiger partial charge in [-0.25, -0.2) is 4.98 Å². The smallest absolute Gasteiger partial charge is 0.171 e. The molecule has 0 fully saturated rings. The van der Waals surface area contributed by atoms with Gasteiger partial charge in [0.15, 0.2) is 10.9 Å². The average molecular weight is 255 g/mol. The Morgan fingerprint density at radius 2 is 2.06 bits per heavy atom. The lowest BCUT2D eigenvalue weighted by molar-refractivity contribution is 0.305. The van der Waals surface area contributed by atoms with Crippen LogP contribution in [0.25, 0.3) is 0 Å². The van der Waals surface area contributed by atoms with Crippen LogP contribution in [-0.4, -0.2) is 9.97 Å². The summed E-state index contributed by atoms with van der Waals surface area (Å²) < 4.78 is 5.50. The van der Waals surface area contributed by atoms with Gasteiger partial charge in [-0.2, -0.15) is 0 Å². The highest BCUT2D eigenvalue weighted by atomic mass is 35.5. The van der Waals surface area contributed by atoms with Crippen LogP contribution in [0.2, 0.25) is 10.2 Å². The van der Waals surface area contributed by atoms with Crippen molar-refractivity contribution in [3.8, 4) is 5.75 Å². The van der Waals surface area contributed by atoms with Gasteiger partial charge in [0.25, 0.3) is 0 Å². The van der Waals surface area contributed by atoms with Crippen LogP contribution in [0.5, 0.6) is 5.75 Å². The summed E-state index contributed by atoms with van der Waals surface area (Å²) in [4.78, 5) is 7.80. The minimum atomic E-state index is 0.340. The minimum Gasteiger partial charge on any atom is -0.486 e. The third kappa shape index (κ3) is 2.62. The Labute approximate surface area is 103 Å². The van der Waals surface area contributed by atoms with Crippen LogP contribution in [0.4, 0.5) is 0 Å². The van der Waals surface area contributed by atoms with Crippen LogP contribution >= 0.6 is 23.2 Å². The van der Waals surface area contributed by atoms with Gasteiger partial charge in [0, 0.05) is 24.2 Å². The Balaban J connectivity index is 2.09. The lowest BCUT2D eigenvalue weighted by atomic mass is 10.3. The third-order valence-corrected chi connectivity index (χ3v) is 2.59. The van der Waals surface area contributed by atoms with Crippen molar-refractivity contribution in [1.29, 1.82) is 0 Å².